The van der Waals surface area contributed by atoms with Gasteiger partial charge in [0.2, 0.25) is 10.0 Å². The Morgan fingerprint density at radius 3 is 2.37 bits per heavy atom. The van der Waals surface area contributed by atoms with Crippen LogP contribution in [0, 0.1) is 11.3 Å². The van der Waals surface area contributed by atoms with Gasteiger partial charge >= 0.3 is 0 Å². The number of aliphatic hydroxyl groups is 1. The first kappa shape index (κ1) is 23.7. The molecule has 2 aliphatic rings. The van der Waals surface area contributed by atoms with Crippen molar-refractivity contribution in [3.05, 3.63) is 90.0 Å². The van der Waals surface area contributed by atoms with Gasteiger partial charge in [-0.25, -0.2) is 8.42 Å². The molecule has 1 N–H and O–H groups in total. The molecule has 0 amide bonds. The van der Waals surface area contributed by atoms with Crippen molar-refractivity contribution in [2.75, 3.05) is 26.2 Å². The van der Waals surface area contributed by atoms with Gasteiger partial charge in [0.05, 0.1) is 23.1 Å². The molecule has 2 saturated heterocycles. The molecule has 0 unspecified atom stereocenters. The van der Waals surface area contributed by atoms with Crippen molar-refractivity contribution in [3.8, 4) is 17.2 Å². The molecule has 5 rings (SSSR count). The number of hydrogen-bond acceptors (Lipinski definition) is 5. The maximum atomic E-state index is 13.4. The first-order valence-corrected chi connectivity index (χ1v) is 13.5. The van der Waals surface area contributed by atoms with Crippen molar-refractivity contribution in [1.82, 2.24) is 9.21 Å². The molecule has 0 saturated carbocycles. The van der Waals surface area contributed by atoms with E-state index in [1.807, 2.05) is 36.4 Å². The summed E-state index contributed by atoms with van der Waals surface area (Å²) in [6.07, 6.45) is 1.70. The Bertz CT molecular complexity index is 1320. The van der Waals surface area contributed by atoms with Crippen LogP contribution in [-0.4, -0.2) is 61.1 Å². The highest BCUT2D eigenvalue weighted by atomic mass is 32.2. The summed E-state index contributed by atoms with van der Waals surface area (Å²) in [4.78, 5) is 2.60. The van der Waals surface area contributed by atoms with Crippen LogP contribution in [-0.2, 0) is 10.0 Å². The zero-order chi connectivity index (χ0) is 24.4. The van der Waals surface area contributed by atoms with Gasteiger partial charge in [-0.3, -0.25) is 4.90 Å². The third-order valence-electron chi connectivity index (χ3n) is 7.33. The molecular formula is C28H29N3O3S. The van der Waals surface area contributed by atoms with Crippen molar-refractivity contribution < 1.29 is 13.5 Å². The Morgan fingerprint density at radius 2 is 1.66 bits per heavy atom. The third-order valence-corrected chi connectivity index (χ3v) is 9.21. The topological polar surface area (TPSA) is 84.6 Å². The van der Waals surface area contributed by atoms with Gasteiger partial charge in [-0.2, -0.15) is 9.57 Å². The molecule has 0 spiro atoms. The monoisotopic (exact) mass is 487 g/mol. The average Bonchev–Trinajstić information content (AvgIpc) is 2.88. The normalized spacial score (nSPS) is 23.4. The van der Waals surface area contributed by atoms with E-state index in [2.05, 4.69) is 23.1 Å². The lowest BCUT2D eigenvalue weighted by atomic mass is 9.74. The lowest BCUT2D eigenvalue weighted by molar-refractivity contribution is -0.0553. The fraction of sp³-hybridized carbons (Fsp3) is 0.321. The standard InChI is InChI=1S/C28H29N3O3S/c29-18-21-7-6-8-24(17-21)22-11-13-23(14-12-22)28-26-19-30(15-4-5-16-31(26)27(28)20-32)35(33,34)25-9-2-1-3-10-25/h1-3,6-14,17,26-28,32H,4-5,15-16,19-20H2/t26-,27-,28+/m1/s1. The Hall–Kier alpha value is -3.02. The second-order valence-electron chi connectivity index (χ2n) is 9.28. The van der Waals surface area contributed by atoms with Crippen LogP contribution in [0.3, 0.4) is 0 Å². The quantitative estimate of drug-likeness (QED) is 0.591. The number of nitrogens with zero attached hydrogens (tertiary/aromatic N) is 3. The van der Waals surface area contributed by atoms with Crippen LogP contribution in [0.15, 0.2) is 83.8 Å². The Labute approximate surface area is 207 Å². The van der Waals surface area contributed by atoms with E-state index in [1.165, 1.54) is 0 Å². The molecule has 0 aliphatic carbocycles. The number of aliphatic hydroxyl groups excluding tert-OH is 1. The molecule has 35 heavy (non-hydrogen) atoms. The highest BCUT2D eigenvalue weighted by Gasteiger charge is 2.50. The van der Waals surface area contributed by atoms with Gasteiger partial charge in [0.15, 0.2) is 0 Å². The van der Waals surface area contributed by atoms with Crippen LogP contribution in [0.2, 0.25) is 0 Å². The summed E-state index contributed by atoms with van der Waals surface area (Å²) >= 11 is 0. The molecule has 2 aliphatic heterocycles. The molecule has 180 valence electrons. The number of benzene rings is 3. The fourth-order valence-corrected chi connectivity index (χ4v) is 7.05. The van der Waals surface area contributed by atoms with Gasteiger partial charge in [-0.15, -0.1) is 0 Å². The van der Waals surface area contributed by atoms with Crippen LogP contribution >= 0.6 is 0 Å². The third kappa shape index (κ3) is 4.51. The maximum absolute atomic E-state index is 13.4. The smallest absolute Gasteiger partial charge is 0.243 e. The highest BCUT2D eigenvalue weighted by Crippen LogP contribution is 2.43. The zero-order valence-corrected chi connectivity index (χ0v) is 20.3. The number of rotatable bonds is 5. The van der Waals surface area contributed by atoms with Gasteiger partial charge in [0, 0.05) is 31.1 Å². The number of fused-ring (bicyclic) bond motifs is 1. The van der Waals surface area contributed by atoms with Gasteiger partial charge in [-0.05, 0) is 60.3 Å². The molecular weight excluding hydrogens is 458 g/mol. The average molecular weight is 488 g/mol. The summed E-state index contributed by atoms with van der Waals surface area (Å²) in [5.74, 6) is 0.0473. The molecule has 2 heterocycles. The molecule has 6 nitrogen and oxygen atoms in total. The Morgan fingerprint density at radius 1 is 0.914 bits per heavy atom. The van der Waals surface area contributed by atoms with Crippen molar-refractivity contribution in [2.24, 2.45) is 0 Å². The lowest BCUT2D eigenvalue weighted by Crippen LogP contribution is -2.67. The van der Waals surface area contributed by atoms with E-state index in [4.69, 9.17) is 0 Å². The second-order valence-corrected chi connectivity index (χ2v) is 11.2. The van der Waals surface area contributed by atoms with Gasteiger partial charge in [0.25, 0.3) is 0 Å². The van der Waals surface area contributed by atoms with Crippen LogP contribution in [0.4, 0.5) is 0 Å². The molecule has 2 fully saturated rings. The van der Waals surface area contributed by atoms with Crippen LogP contribution < -0.4 is 0 Å². The molecule has 3 aromatic rings. The summed E-state index contributed by atoms with van der Waals surface area (Å²) in [5.41, 5.74) is 3.73. The maximum Gasteiger partial charge on any atom is 0.243 e. The van der Waals surface area contributed by atoms with Crippen molar-refractivity contribution in [3.63, 3.8) is 0 Å². The molecule has 0 aromatic heterocycles. The highest BCUT2D eigenvalue weighted by molar-refractivity contribution is 7.89. The minimum absolute atomic E-state index is 0.0127. The van der Waals surface area contributed by atoms with Crippen molar-refractivity contribution in [2.45, 2.75) is 35.7 Å². The van der Waals surface area contributed by atoms with Gasteiger partial charge < -0.3 is 5.11 Å². The number of hydrogen-bond donors (Lipinski definition) is 1. The fourth-order valence-electron chi connectivity index (χ4n) is 5.53. The summed E-state index contributed by atoms with van der Waals surface area (Å²) in [6.45, 7) is 1.82. The molecule has 3 aromatic carbocycles. The Kier molecular flexibility index (Phi) is 6.72. The van der Waals surface area contributed by atoms with Crippen LogP contribution in [0.25, 0.3) is 11.1 Å². The molecule has 3 atom stereocenters. The summed E-state index contributed by atoms with van der Waals surface area (Å²) < 4.78 is 28.4. The van der Waals surface area contributed by atoms with Crippen LogP contribution in [0.1, 0.15) is 29.9 Å². The van der Waals surface area contributed by atoms with Gasteiger partial charge in [-0.1, -0.05) is 54.6 Å². The van der Waals surface area contributed by atoms with Crippen molar-refractivity contribution >= 4 is 10.0 Å². The molecule has 7 heteroatoms. The first-order valence-electron chi connectivity index (χ1n) is 12.1. The van der Waals surface area contributed by atoms with E-state index in [0.29, 0.717) is 23.5 Å². The number of sulfonamides is 1. The minimum Gasteiger partial charge on any atom is -0.395 e. The summed E-state index contributed by atoms with van der Waals surface area (Å²) in [7, 11) is -3.59. The van der Waals surface area contributed by atoms with E-state index < -0.39 is 10.0 Å². The predicted octanol–water partition coefficient (Wildman–Crippen LogP) is 3.84. The van der Waals surface area contributed by atoms with Crippen LogP contribution in [0.5, 0.6) is 0 Å². The van der Waals surface area contributed by atoms with Crippen molar-refractivity contribution in [1.29, 1.82) is 5.26 Å². The SMILES string of the molecule is N#Cc1cccc(-c2ccc([C@@H]3[C@@H](CO)N4CCCCN(S(=O)(=O)c5ccccc5)C[C@H]34)cc2)c1. The van der Waals surface area contributed by atoms with E-state index in [1.54, 1.807) is 34.6 Å². The minimum atomic E-state index is -3.59. The molecule has 0 bridgehead atoms. The predicted molar refractivity (Wildman–Crippen MR) is 135 cm³/mol. The summed E-state index contributed by atoms with van der Waals surface area (Å²) in [5, 5.41) is 19.4. The van der Waals surface area contributed by atoms with E-state index in [9.17, 15) is 18.8 Å². The zero-order valence-electron chi connectivity index (χ0n) is 19.5. The second kappa shape index (κ2) is 9.92. The van der Waals surface area contributed by atoms with Gasteiger partial charge in [0.1, 0.15) is 0 Å². The lowest BCUT2D eigenvalue weighted by Gasteiger charge is -2.57. The molecule has 0 radical (unpaired) electrons. The largest absolute Gasteiger partial charge is 0.395 e. The first-order chi connectivity index (χ1) is 17.0. The van der Waals surface area contributed by atoms with E-state index in [-0.39, 0.29) is 24.6 Å². The number of nitriles is 1. The Balaban J connectivity index is 1.42. The van der Waals surface area contributed by atoms with E-state index in [0.717, 1.165) is 36.1 Å². The van der Waals surface area contributed by atoms with E-state index >= 15 is 0 Å². The summed E-state index contributed by atoms with van der Waals surface area (Å²) in [6, 6.07) is 26.6.